The summed E-state index contributed by atoms with van der Waals surface area (Å²) in [5.41, 5.74) is 12.6. The van der Waals surface area contributed by atoms with E-state index in [0.29, 0.717) is 11.4 Å². The highest BCUT2D eigenvalue weighted by molar-refractivity contribution is 6.31. The minimum Gasteiger partial charge on any atom is -0.497 e. The molecule has 1 aromatic carbocycles. The van der Waals surface area contributed by atoms with Crippen LogP contribution < -0.4 is 16.2 Å². The number of ether oxygens (including phenoxy) is 1. The number of rotatable bonds is 4. The van der Waals surface area contributed by atoms with Gasteiger partial charge < -0.3 is 16.2 Å². The van der Waals surface area contributed by atoms with Crippen LogP contribution in [0.3, 0.4) is 0 Å². The highest BCUT2D eigenvalue weighted by Gasteiger charge is 2.12. The van der Waals surface area contributed by atoms with Crippen molar-refractivity contribution in [2.24, 2.45) is 11.5 Å². The molecule has 1 rings (SSSR count). The fourth-order valence-electron chi connectivity index (χ4n) is 1.46. The molecule has 0 heterocycles. The van der Waals surface area contributed by atoms with Gasteiger partial charge >= 0.3 is 0 Å². The molecule has 3 nitrogen and oxygen atoms in total. The van der Waals surface area contributed by atoms with Crippen molar-refractivity contribution >= 4 is 11.6 Å². The van der Waals surface area contributed by atoms with Crippen LogP contribution in [-0.4, -0.2) is 13.2 Å². The van der Waals surface area contributed by atoms with Gasteiger partial charge in [-0.25, -0.2) is 0 Å². The van der Waals surface area contributed by atoms with Gasteiger partial charge in [0.1, 0.15) is 5.75 Å². The summed E-state index contributed by atoms with van der Waals surface area (Å²) in [4.78, 5) is 0. The lowest BCUT2D eigenvalue weighted by Crippen LogP contribution is -2.23. The maximum atomic E-state index is 6.09. The number of hydrogen-bond donors (Lipinski definition) is 2. The minimum absolute atomic E-state index is 0.0677. The van der Waals surface area contributed by atoms with Crippen LogP contribution in [0.15, 0.2) is 18.2 Å². The van der Waals surface area contributed by atoms with E-state index in [4.69, 9.17) is 27.8 Å². The number of hydrogen-bond acceptors (Lipinski definition) is 3. The molecule has 2 atom stereocenters. The predicted octanol–water partition coefficient (Wildman–Crippen LogP) is 2.09. The molecule has 0 amide bonds. The number of nitrogens with two attached hydrogens (primary N) is 2. The Morgan fingerprint density at radius 1 is 1.40 bits per heavy atom. The molecule has 0 bridgehead atoms. The first-order valence-corrected chi connectivity index (χ1v) is 5.27. The Balaban J connectivity index is 2.85. The van der Waals surface area contributed by atoms with Crippen molar-refractivity contribution in [2.45, 2.75) is 25.4 Å². The third-order valence-electron chi connectivity index (χ3n) is 2.23. The SMILES string of the molecule is COc1ccc(C(N)CC(C)N)c(Cl)c1. The van der Waals surface area contributed by atoms with Crippen molar-refractivity contribution in [2.75, 3.05) is 7.11 Å². The Morgan fingerprint density at radius 2 is 2.07 bits per heavy atom. The molecule has 0 spiro atoms. The van der Waals surface area contributed by atoms with E-state index in [1.165, 1.54) is 0 Å². The van der Waals surface area contributed by atoms with Gasteiger partial charge in [-0.05, 0) is 31.0 Å². The van der Waals surface area contributed by atoms with E-state index < -0.39 is 0 Å². The molecule has 1 aromatic rings. The van der Waals surface area contributed by atoms with Crippen LogP contribution in [0, 0.1) is 0 Å². The zero-order valence-corrected chi connectivity index (χ0v) is 9.79. The average Bonchev–Trinajstić information content (AvgIpc) is 2.16. The summed E-state index contributed by atoms with van der Waals surface area (Å²) < 4.78 is 5.06. The molecule has 15 heavy (non-hydrogen) atoms. The van der Waals surface area contributed by atoms with Crippen LogP contribution in [0.25, 0.3) is 0 Å². The molecule has 0 aromatic heterocycles. The van der Waals surface area contributed by atoms with Crippen molar-refractivity contribution in [1.82, 2.24) is 0 Å². The Kier molecular flexibility index (Phi) is 4.39. The largest absolute Gasteiger partial charge is 0.497 e. The number of halogens is 1. The van der Waals surface area contributed by atoms with E-state index in [1.807, 2.05) is 19.1 Å². The zero-order chi connectivity index (χ0) is 11.4. The molecule has 84 valence electrons. The predicted molar refractivity (Wildman–Crippen MR) is 63.2 cm³/mol. The molecular formula is C11H17ClN2O. The van der Waals surface area contributed by atoms with Gasteiger partial charge in [-0.3, -0.25) is 0 Å². The average molecular weight is 229 g/mol. The van der Waals surface area contributed by atoms with Gasteiger partial charge in [0.05, 0.1) is 7.11 Å². The summed E-state index contributed by atoms with van der Waals surface area (Å²) in [5, 5.41) is 0.627. The van der Waals surface area contributed by atoms with E-state index in [1.54, 1.807) is 13.2 Å². The van der Waals surface area contributed by atoms with Crippen LogP contribution in [0.5, 0.6) is 5.75 Å². The van der Waals surface area contributed by atoms with Gasteiger partial charge in [0, 0.05) is 17.1 Å². The second kappa shape index (κ2) is 5.35. The summed E-state index contributed by atoms with van der Waals surface area (Å²) in [6.07, 6.45) is 0.714. The van der Waals surface area contributed by atoms with Gasteiger partial charge in [-0.1, -0.05) is 17.7 Å². The second-order valence-electron chi connectivity index (χ2n) is 3.71. The van der Waals surface area contributed by atoms with E-state index in [-0.39, 0.29) is 12.1 Å². The quantitative estimate of drug-likeness (QED) is 0.830. The topological polar surface area (TPSA) is 61.3 Å². The van der Waals surface area contributed by atoms with Crippen molar-refractivity contribution in [1.29, 1.82) is 0 Å². The monoisotopic (exact) mass is 228 g/mol. The Morgan fingerprint density at radius 3 is 2.53 bits per heavy atom. The van der Waals surface area contributed by atoms with Crippen molar-refractivity contribution < 1.29 is 4.74 Å². The van der Waals surface area contributed by atoms with Crippen LogP contribution in [-0.2, 0) is 0 Å². The normalized spacial score (nSPS) is 14.7. The van der Waals surface area contributed by atoms with E-state index in [0.717, 1.165) is 11.3 Å². The zero-order valence-electron chi connectivity index (χ0n) is 9.03. The minimum atomic E-state index is -0.122. The lowest BCUT2D eigenvalue weighted by Gasteiger charge is -2.16. The Labute approximate surface area is 95.4 Å². The molecule has 0 saturated carbocycles. The molecule has 0 aliphatic rings. The van der Waals surface area contributed by atoms with Crippen LogP contribution in [0.2, 0.25) is 5.02 Å². The van der Waals surface area contributed by atoms with Crippen LogP contribution >= 0.6 is 11.6 Å². The summed E-state index contributed by atoms with van der Waals surface area (Å²) in [5.74, 6) is 0.733. The summed E-state index contributed by atoms with van der Waals surface area (Å²) in [6.45, 7) is 1.93. The van der Waals surface area contributed by atoms with Gasteiger partial charge in [-0.15, -0.1) is 0 Å². The van der Waals surface area contributed by atoms with Crippen molar-refractivity contribution in [3.8, 4) is 5.75 Å². The van der Waals surface area contributed by atoms with Crippen LogP contribution in [0.1, 0.15) is 24.9 Å². The molecule has 0 aliphatic heterocycles. The Bertz CT molecular complexity index is 328. The molecular weight excluding hydrogens is 212 g/mol. The molecule has 4 heteroatoms. The van der Waals surface area contributed by atoms with Gasteiger partial charge in [0.2, 0.25) is 0 Å². The van der Waals surface area contributed by atoms with Crippen LogP contribution in [0.4, 0.5) is 0 Å². The molecule has 0 radical (unpaired) electrons. The number of methoxy groups -OCH3 is 1. The second-order valence-corrected chi connectivity index (χ2v) is 4.11. The van der Waals surface area contributed by atoms with Crippen molar-refractivity contribution in [3.05, 3.63) is 28.8 Å². The third-order valence-corrected chi connectivity index (χ3v) is 2.56. The van der Waals surface area contributed by atoms with Crippen molar-refractivity contribution in [3.63, 3.8) is 0 Å². The first-order valence-electron chi connectivity index (χ1n) is 4.89. The highest BCUT2D eigenvalue weighted by Crippen LogP contribution is 2.27. The number of benzene rings is 1. The van der Waals surface area contributed by atoms with E-state index in [2.05, 4.69) is 0 Å². The summed E-state index contributed by atoms with van der Waals surface area (Å²) >= 11 is 6.09. The first-order chi connectivity index (χ1) is 7.04. The summed E-state index contributed by atoms with van der Waals surface area (Å²) in [7, 11) is 1.60. The van der Waals surface area contributed by atoms with E-state index in [9.17, 15) is 0 Å². The van der Waals surface area contributed by atoms with Gasteiger partial charge in [-0.2, -0.15) is 0 Å². The fourth-order valence-corrected chi connectivity index (χ4v) is 1.77. The summed E-state index contributed by atoms with van der Waals surface area (Å²) in [6, 6.07) is 5.44. The maximum Gasteiger partial charge on any atom is 0.120 e. The van der Waals surface area contributed by atoms with Gasteiger partial charge in [0.15, 0.2) is 0 Å². The molecule has 0 aliphatic carbocycles. The van der Waals surface area contributed by atoms with E-state index >= 15 is 0 Å². The van der Waals surface area contributed by atoms with Gasteiger partial charge in [0.25, 0.3) is 0 Å². The smallest absolute Gasteiger partial charge is 0.120 e. The molecule has 0 saturated heterocycles. The molecule has 2 unspecified atom stereocenters. The lowest BCUT2D eigenvalue weighted by molar-refractivity contribution is 0.414. The Hall–Kier alpha value is -0.770. The fraction of sp³-hybridized carbons (Fsp3) is 0.455. The molecule has 0 fully saturated rings. The third kappa shape index (κ3) is 3.38. The first kappa shape index (κ1) is 12.3. The standard InChI is InChI=1S/C11H17ClN2O/c1-7(13)5-11(14)9-4-3-8(15-2)6-10(9)12/h3-4,6-7,11H,5,13-14H2,1-2H3. The lowest BCUT2D eigenvalue weighted by atomic mass is 10.0. The highest BCUT2D eigenvalue weighted by atomic mass is 35.5. The molecule has 4 N–H and O–H groups in total. The maximum absolute atomic E-state index is 6.09.